The minimum atomic E-state index is -0.644. The smallest absolute Gasteiger partial charge is 0.286 e. The van der Waals surface area contributed by atoms with Crippen LogP contribution < -0.4 is 19.5 Å². The van der Waals surface area contributed by atoms with Gasteiger partial charge in [-0.15, -0.1) is 0 Å². The Morgan fingerprint density at radius 3 is 2.20 bits per heavy atom. The van der Waals surface area contributed by atoms with Crippen LogP contribution in [0.3, 0.4) is 0 Å². The molecule has 0 aliphatic carbocycles. The number of carbonyl (C=O) groups excluding carboxylic acids is 1. The molecule has 1 amide bonds. The second-order valence-electron chi connectivity index (χ2n) is 6.38. The number of ether oxygens (including phenoxy) is 3. The van der Waals surface area contributed by atoms with Crippen LogP contribution in [0, 0.1) is 17.0 Å². The topological polar surface area (TPSA) is 99.9 Å². The zero-order valence-electron chi connectivity index (χ0n) is 16.7. The molecule has 0 saturated carbocycles. The molecule has 0 saturated heterocycles. The number of nitro benzene ring substituents is 1. The molecule has 0 heterocycles. The van der Waals surface area contributed by atoms with E-state index >= 15 is 0 Å². The molecular formula is C22H20N2O6. The van der Waals surface area contributed by atoms with Crippen molar-refractivity contribution in [2.75, 3.05) is 19.5 Å². The van der Waals surface area contributed by atoms with Gasteiger partial charge in [0.1, 0.15) is 17.1 Å². The maximum atomic E-state index is 12.7. The summed E-state index contributed by atoms with van der Waals surface area (Å²) in [5.74, 6) is 1.03. The molecular weight excluding hydrogens is 388 g/mol. The summed E-state index contributed by atoms with van der Waals surface area (Å²) in [7, 11) is 2.75. The summed E-state index contributed by atoms with van der Waals surface area (Å²) in [6.07, 6.45) is 0. The Balaban J connectivity index is 1.79. The summed E-state index contributed by atoms with van der Waals surface area (Å²) in [4.78, 5) is 23.4. The Morgan fingerprint density at radius 1 is 0.933 bits per heavy atom. The highest BCUT2D eigenvalue weighted by atomic mass is 16.6. The number of carbonyl (C=O) groups is 1. The number of hydrogen-bond donors (Lipinski definition) is 1. The second kappa shape index (κ2) is 8.95. The van der Waals surface area contributed by atoms with E-state index in [4.69, 9.17) is 14.2 Å². The Morgan fingerprint density at radius 2 is 1.60 bits per heavy atom. The first kappa shape index (κ1) is 20.7. The quantitative estimate of drug-likeness (QED) is 0.438. The molecule has 0 radical (unpaired) electrons. The normalized spacial score (nSPS) is 10.2. The SMILES string of the molecule is COc1cc(C(=O)Nc2ccc(Oc3cccc(C)c3)cc2)c([N+](=O)[O-])cc1OC. The average molecular weight is 408 g/mol. The molecule has 154 valence electrons. The van der Waals surface area contributed by atoms with Crippen LogP contribution in [-0.4, -0.2) is 25.1 Å². The van der Waals surface area contributed by atoms with Crippen LogP contribution in [0.25, 0.3) is 0 Å². The molecule has 0 aliphatic rings. The Bertz CT molecular complexity index is 1080. The lowest BCUT2D eigenvalue weighted by molar-refractivity contribution is -0.385. The predicted molar refractivity (Wildman–Crippen MR) is 112 cm³/mol. The van der Waals surface area contributed by atoms with Gasteiger partial charge in [0.15, 0.2) is 11.5 Å². The first-order chi connectivity index (χ1) is 14.4. The largest absolute Gasteiger partial charge is 0.493 e. The van der Waals surface area contributed by atoms with E-state index in [0.29, 0.717) is 17.2 Å². The van der Waals surface area contributed by atoms with E-state index in [1.54, 1.807) is 24.3 Å². The molecule has 3 aromatic rings. The average Bonchev–Trinajstić information content (AvgIpc) is 2.74. The van der Waals surface area contributed by atoms with Crippen molar-refractivity contribution < 1.29 is 23.9 Å². The number of benzene rings is 3. The van der Waals surface area contributed by atoms with Gasteiger partial charge in [-0.3, -0.25) is 14.9 Å². The van der Waals surface area contributed by atoms with Crippen molar-refractivity contribution in [1.82, 2.24) is 0 Å². The van der Waals surface area contributed by atoms with E-state index in [2.05, 4.69) is 5.32 Å². The number of amides is 1. The lowest BCUT2D eigenvalue weighted by Gasteiger charge is -2.11. The van der Waals surface area contributed by atoms with Gasteiger partial charge in [0.25, 0.3) is 11.6 Å². The molecule has 3 aromatic carbocycles. The number of nitrogens with zero attached hydrogens (tertiary/aromatic N) is 1. The van der Waals surface area contributed by atoms with E-state index in [-0.39, 0.29) is 22.7 Å². The Labute approximate surface area is 173 Å². The molecule has 30 heavy (non-hydrogen) atoms. The van der Waals surface area contributed by atoms with Crippen LogP contribution >= 0.6 is 0 Å². The third kappa shape index (κ3) is 4.67. The van der Waals surface area contributed by atoms with Crippen molar-refractivity contribution in [2.45, 2.75) is 6.92 Å². The highest BCUT2D eigenvalue weighted by molar-refractivity contribution is 6.07. The molecule has 3 rings (SSSR count). The fourth-order valence-electron chi connectivity index (χ4n) is 2.82. The monoisotopic (exact) mass is 408 g/mol. The second-order valence-corrected chi connectivity index (χ2v) is 6.38. The van der Waals surface area contributed by atoms with Crippen molar-refractivity contribution in [3.05, 3.63) is 81.9 Å². The van der Waals surface area contributed by atoms with Gasteiger partial charge in [-0.05, 0) is 48.9 Å². The summed E-state index contributed by atoms with van der Waals surface area (Å²) >= 11 is 0. The lowest BCUT2D eigenvalue weighted by Crippen LogP contribution is -2.14. The molecule has 0 unspecified atom stereocenters. The van der Waals surface area contributed by atoms with Gasteiger partial charge in [-0.1, -0.05) is 12.1 Å². The number of hydrogen-bond acceptors (Lipinski definition) is 6. The molecule has 1 N–H and O–H groups in total. The van der Waals surface area contributed by atoms with Crippen LogP contribution in [-0.2, 0) is 0 Å². The molecule has 0 aromatic heterocycles. The molecule has 0 aliphatic heterocycles. The van der Waals surface area contributed by atoms with Crippen molar-refractivity contribution in [2.24, 2.45) is 0 Å². The molecule has 0 spiro atoms. The highest BCUT2D eigenvalue weighted by Gasteiger charge is 2.24. The van der Waals surface area contributed by atoms with E-state index in [9.17, 15) is 14.9 Å². The lowest BCUT2D eigenvalue weighted by atomic mass is 10.1. The summed E-state index contributed by atoms with van der Waals surface area (Å²) < 4.78 is 16.0. The van der Waals surface area contributed by atoms with Gasteiger partial charge in [-0.25, -0.2) is 0 Å². The van der Waals surface area contributed by atoms with Gasteiger partial charge >= 0.3 is 0 Å². The predicted octanol–water partition coefficient (Wildman–Crippen LogP) is 4.97. The zero-order valence-corrected chi connectivity index (χ0v) is 16.7. The van der Waals surface area contributed by atoms with Crippen molar-refractivity contribution in [3.63, 3.8) is 0 Å². The third-order valence-corrected chi connectivity index (χ3v) is 4.28. The first-order valence-electron chi connectivity index (χ1n) is 8.97. The first-order valence-corrected chi connectivity index (χ1v) is 8.97. The van der Waals surface area contributed by atoms with Gasteiger partial charge < -0.3 is 19.5 Å². The summed E-state index contributed by atoms with van der Waals surface area (Å²) in [6.45, 7) is 1.97. The minimum absolute atomic E-state index is 0.141. The Kier molecular flexibility index (Phi) is 6.17. The maximum Gasteiger partial charge on any atom is 0.286 e. The zero-order chi connectivity index (χ0) is 21.7. The summed E-state index contributed by atoms with van der Waals surface area (Å²) in [5, 5.41) is 14.0. The molecule has 0 fully saturated rings. The molecule has 8 nitrogen and oxygen atoms in total. The number of aryl methyl sites for hydroxylation is 1. The standard InChI is InChI=1S/C22H20N2O6/c1-14-5-4-6-17(11-14)30-16-9-7-15(8-10-16)23-22(25)18-12-20(28-2)21(29-3)13-19(18)24(26)27/h4-13H,1-3H3,(H,23,25). The van der Waals surface area contributed by atoms with Crippen molar-refractivity contribution >= 4 is 17.3 Å². The van der Waals surface area contributed by atoms with Crippen LogP contribution in [0.4, 0.5) is 11.4 Å². The molecule has 0 atom stereocenters. The number of nitro groups is 1. The van der Waals surface area contributed by atoms with Crippen molar-refractivity contribution in [1.29, 1.82) is 0 Å². The van der Waals surface area contributed by atoms with Crippen LogP contribution in [0.2, 0.25) is 0 Å². The third-order valence-electron chi connectivity index (χ3n) is 4.28. The summed E-state index contributed by atoms with van der Waals surface area (Å²) in [5.41, 5.74) is 1.01. The van der Waals surface area contributed by atoms with Gasteiger partial charge in [-0.2, -0.15) is 0 Å². The van der Waals surface area contributed by atoms with Gasteiger partial charge in [0.05, 0.1) is 25.2 Å². The number of methoxy groups -OCH3 is 2. The Hall–Kier alpha value is -4.07. The number of nitrogens with one attached hydrogen (secondary N) is 1. The van der Waals surface area contributed by atoms with E-state index < -0.39 is 10.8 Å². The van der Waals surface area contributed by atoms with E-state index in [0.717, 1.165) is 11.6 Å². The van der Waals surface area contributed by atoms with Gasteiger partial charge in [0, 0.05) is 11.8 Å². The van der Waals surface area contributed by atoms with E-state index in [1.165, 1.54) is 20.3 Å². The van der Waals surface area contributed by atoms with Crippen LogP contribution in [0.15, 0.2) is 60.7 Å². The fourth-order valence-corrected chi connectivity index (χ4v) is 2.82. The van der Waals surface area contributed by atoms with Gasteiger partial charge in [0.2, 0.25) is 0 Å². The molecule has 8 heteroatoms. The molecule has 0 bridgehead atoms. The fraction of sp³-hybridized carbons (Fsp3) is 0.136. The number of anilines is 1. The summed E-state index contributed by atoms with van der Waals surface area (Å²) in [6, 6.07) is 16.8. The minimum Gasteiger partial charge on any atom is -0.493 e. The van der Waals surface area contributed by atoms with E-state index in [1.807, 2.05) is 31.2 Å². The highest BCUT2D eigenvalue weighted by Crippen LogP contribution is 2.35. The van der Waals surface area contributed by atoms with Crippen LogP contribution in [0.1, 0.15) is 15.9 Å². The van der Waals surface area contributed by atoms with Crippen molar-refractivity contribution in [3.8, 4) is 23.0 Å². The number of rotatable bonds is 7. The maximum absolute atomic E-state index is 12.7. The van der Waals surface area contributed by atoms with Crippen LogP contribution in [0.5, 0.6) is 23.0 Å².